The topological polar surface area (TPSA) is 54.5 Å². The molecule has 0 radical (unpaired) electrons. The van der Waals surface area contributed by atoms with E-state index in [4.69, 9.17) is 0 Å². The highest BCUT2D eigenvalue weighted by atomic mass is 32.2. The van der Waals surface area contributed by atoms with Crippen LogP contribution < -0.4 is 0 Å². The highest BCUT2D eigenvalue weighted by molar-refractivity contribution is 7.89. The summed E-state index contributed by atoms with van der Waals surface area (Å²) < 4.78 is 26.6. The second-order valence-electron chi connectivity index (χ2n) is 7.15. The van der Waals surface area contributed by atoms with Crippen LogP contribution in [0.4, 0.5) is 0 Å². The van der Waals surface area contributed by atoms with Crippen molar-refractivity contribution in [2.24, 2.45) is 0 Å². The van der Waals surface area contributed by atoms with Crippen LogP contribution in [0.5, 0.6) is 0 Å². The molecule has 5 heteroatoms. The second kappa shape index (κ2) is 8.19. The summed E-state index contributed by atoms with van der Waals surface area (Å²) in [6, 6.07) is 14.3. The lowest BCUT2D eigenvalue weighted by Gasteiger charge is -2.15. The van der Waals surface area contributed by atoms with Crippen molar-refractivity contribution in [1.82, 2.24) is 4.31 Å². The summed E-state index contributed by atoms with van der Waals surface area (Å²) in [5.41, 5.74) is 2.69. The van der Waals surface area contributed by atoms with Crippen molar-refractivity contribution in [3.05, 3.63) is 71.3 Å². The molecule has 0 spiro atoms. The van der Waals surface area contributed by atoms with Gasteiger partial charge in [0.25, 0.3) is 0 Å². The van der Waals surface area contributed by atoms with Gasteiger partial charge < -0.3 is 0 Å². The zero-order chi connectivity index (χ0) is 19.4. The fourth-order valence-corrected chi connectivity index (χ4v) is 4.65. The highest BCUT2D eigenvalue weighted by Crippen LogP contribution is 2.21. The lowest BCUT2D eigenvalue weighted by Crippen LogP contribution is -2.27. The molecular weight excluding hydrogens is 358 g/mol. The van der Waals surface area contributed by atoms with Crippen LogP contribution in [0.2, 0.25) is 0 Å². The smallest absolute Gasteiger partial charge is 0.243 e. The average molecular weight is 384 g/mol. The third-order valence-electron chi connectivity index (χ3n) is 4.87. The number of hydrogen-bond donors (Lipinski definition) is 0. The van der Waals surface area contributed by atoms with Crippen LogP contribution in [0.15, 0.2) is 59.5 Å². The maximum Gasteiger partial charge on any atom is 0.243 e. The monoisotopic (exact) mass is 383 g/mol. The van der Waals surface area contributed by atoms with E-state index in [0.29, 0.717) is 24.6 Å². The van der Waals surface area contributed by atoms with Gasteiger partial charge in [0.15, 0.2) is 5.78 Å². The number of ketones is 1. The van der Waals surface area contributed by atoms with E-state index in [1.54, 1.807) is 18.2 Å². The molecule has 1 aliphatic rings. The Kier molecular flexibility index (Phi) is 5.92. The Hall–Kier alpha value is -2.24. The van der Waals surface area contributed by atoms with E-state index in [0.717, 1.165) is 18.4 Å². The number of hydrogen-bond acceptors (Lipinski definition) is 3. The maximum absolute atomic E-state index is 12.5. The first-order valence-corrected chi connectivity index (χ1v) is 10.7. The van der Waals surface area contributed by atoms with Crippen LogP contribution in [-0.4, -0.2) is 31.6 Å². The summed E-state index contributed by atoms with van der Waals surface area (Å²) >= 11 is 0. The van der Waals surface area contributed by atoms with E-state index < -0.39 is 10.0 Å². The van der Waals surface area contributed by atoms with Gasteiger partial charge in [-0.2, -0.15) is 4.31 Å². The molecule has 0 aromatic heterocycles. The number of carbonyl (C=O) groups excluding carboxylic acids is 1. The first kappa shape index (κ1) is 19.5. The molecule has 0 atom stereocenters. The van der Waals surface area contributed by atoms with E-state index in [1.807, 2.05) is 12.1 Å². The van der Waals surface area contributed by atoms with E-state index >= 15 is 0 Å². The van der Waals surface area contributed by atoms with Gasteiger partial charge in [0, 0.05) is 18.7 Å². The number of nitrogens with zero attached hydrogens (tertiary/aromatic N) is 1. The molecule has 0 amide bonds. The molecule has 1 saturated heterocycles. The molecule has 1 aliphatic heterocycles. The van der Waals surface area contributed by atoms with Crippen molar-refractivity contribution < 1.29 is 13.2 Å². The minimum Gasteiger partial charge on any atom is -0.289 e. The van der Waals surface area contributed by atoms with Gasteiger partial charge in [-0.05, 0) is 60.2 Å². The maximum atomic E-state index is 12.5. The first-order chi connectivity index (χ1) is 12.9. The standard InChI is InChI=1S/C22H25NO3S/c1-17(2)19-8-5-18(6-9-19)7-14-22(24)20-10-12-21(13-11-20)27(25,26)23-15-3-4-16-23/h5-14,17H,3-4,15-16H2,1-2H3. The fraction of sp³-hybridized carbons (Fsp3) is 0.318. The van der Waals surface area contributed by atoms with Crippen LogP contribution >= 0.6 is 0 Å². The summed E-state index contributed by atoms with van der Waals surface area (Å²) in [7, 11) is -3.44. The Balaban J connectivity index is 1.70. The second-order valence-corrected chi connectivity index (χ2v) is 9.09. The number of carbonyl (C=O) groups is 1. The summed E-state index contributed by atoms with van der Waals surface area (Å²) in [5, 5.41) is 0. The van der Waals surface area contributed by atoms with E-state index in [-0.39, 0.29) is 10.7 Å². The third kappa shape index (κ3) is 4.54. The average Bonchev–Trinajstić information content (AvgIpc) is 3.22. The lowest BCUT2D eigenvalue weighted by molar-refractivity contribution is 0.104. The predicted octanol–water partition coefficient (Wildman–Crippen LogP) is 4.49. The normalized spacial score (nSPS) is 15.7. The number of benzene rings is 2. The Morgan fingerprint density at radius 1 is 0.963 bits per heavy atom. The Bertz CT molecular complexity index is 921. The molecular formula is C22H25NO3S. The SMILES string of the molecule is CC(C)c1ccc(C=CC(=O)c2ccc(S(=O)(=O)N3CCCC3)cc2)cc1. The molecule has 0 unspecified atom stereocenters. The lowest BCUT2D eigenvalue weighted by atomic mass is 10.0. The van der Waals surface area contributed by atoms with Crippen molar-refractivity contribution in [2.45, 2.75) is 37.5 Å². The van der Waals surface area contributed by atoms with Crippen LogP contribution in [0.25, 0.3) is 6.08 Å². The largest absolute Gasteiger partial charge is 0.289 e. The molecule has 3 rings (SSSR count). The van der Waals surface area contributed by atoms with Crippen molar-refractivity contribution in [3.8, 4) is 0 Å². The first-order valence-electron chi connectivity index (χ1n) is 9.30. The van der Waals surface area contributed by atoms with Gasteiger partial charge in [-0.15, -0.1) is 0 Å². The molecule has 4 nitrogen and oxygen atoms in total. The van der Waals surface area contributed by atoms with Gasteiger partial charge >= 0.3 is 0 Å². The van der Waals surface area contributed by atoms with Crippen molar-refractivity contribution in [2.75, 3.05) is 13.1 Å². The van der Waals surface area contributed by atoms with Crippen LogP contribution in [0, 0.1) is 0 Å². The summed E-state index contributed by atoms with van der Waals surface area (Å²) in [6.07, 6.45) is 5.10. The molecule has 2 aromatic carbocycles. The van der Waals surface area contributed by atoms with Gasteiger partial charge in [-0.3, -0.25) is 4.79 Å². The fourth-order valence-electron chi connectivity index (χ4n) is 3.13. The molecule has 0 aliphatic carbocycles. The minimum atomic E-state index is -3.44. The molecule has 0 N–H and O–H groups in total. The zero-order valence-electron chi connectivity index (χ0n) is 15.8. The Morgan fingerprint density at radius 2 is 1.56 bits per heavy atom. The van der Waals surface area contributed by atoms with Gasteiger partial charge in [-0.25, -0.2) is 8.42 Å². The van der Waals surface area contributed by atoms with Gasteiger partial charge in [0.1, 0.15) is 0 Å². The number of allylic oxidation sites excluding steroid dienone is 1. The number of sulfonamides is 1. The summed E-state index contributed by atoms with van der Waals surface area (Å²) in [6.45, 7) is 5.42. The molecule has 27 heavy (non-hydrogen) atoms. The Morgan fingerprint density at radius 3 is 2.11 bits per heavy atom. The number of rotatable bonds is 6. The molecule has 142 valence electrons. The van der Waals surface area contributed by atoms with Gasteiger partial charge in [0.2, 0.25) is 10.0 Å². The van der Waals surface area contributed by atoms with Crippen molar-refractivity contribution >= 4 is 21.9 Å². The molecule has 0 saturated carbocycles. The highest BCUT2D eigenvalue weighted by Gasteiger charge is 2.26. The zero-order valence-corrected chi connectivity index (χ0v) is 16.6. The summed E-state index contributed by atoms with van der Waals surface area (Å²) in [5.74, 6) is 0.327. The van der Waals surface area contributed by atoms with Crippen LogP contribution in [0.3, 0.4) is 0 Å². The van der Waals surface area contributed by atoms with Gasteiger partial charge in [-0.1, -0.05) is 44.2 Å². The van der Waals surface area contributed by atoms with E-state index in [2.05, 4.69) is 26.0 Å². The molecule has 1 fully saturated rings. The van der Waals surface area contributed by atoms with E-state index in [9.17, 15) is 13.2 Å². The summed E-state index contributed by atoms with van der Waals surface area (Å²) in [4.78, 5) is 12.6. The van der Waals surface area contributed by atoms with E-state index in [1.165, 1.54) is 28.1 Å². The molecule has 1 heterocycles. The van der Waals surface area contributed by atoms with Crippen LogP contribution in [-0.2, 0) is 10.0 Å². The van der Waals surface area contributed by atoms with Gasteiger partial charge in [0.05, 0.1) is 4.90 Å². The van der Waals surface area contributed by atoms with Crippen molar-refractivity contribution in [3.63, 3.8) is 0 Å². The van der Waals surface area contributed by atoms with Crippen LogP contribution in [0.1, 0.15) is 54.1 Å². The molecule has 0 bridgehead atoms. The third-order valence-corrected chi connectivity index (χ3v) is 6.78. The Labute approximate surface area is 161 Å². The van der Waals surface area contributed by atoms with Crippen molar-refractivity contribution in [1.29, 1.82) is 0 Å². The minimum absolute atomic E-state index is 0.145. The predicted molar refractivity (Wildman–Crippen MR) is 108 cm³/mol. The quantitative estimate of drug-likeness (QED) is 0.545. The molecule has 2 aromatic rings.